The van der Waals surface area contributed by atoms with Gasteiger partial charge in [-0.3, -0.25) is 9.59 Å². The number of carbonyl (C=O) groups excluding carboxylic acids is 2. The predicted molar refractivity (Wildman–Crippen MR) is 80.8 cm³/mol. The molecule has 2 amide bonds. The summed E-state index contributed by atoms with van der Waals surface area (Å²) >= 11 is 1.39. The smallest absolute Gasteiger partial charge is 0.261 e. The van der Waals surface area contributed by atoms with E-state index in [0.29, 0.717) is 16.4 Å². The van der Waals surface area contributed by atoms with Crippen LogP contribution in [0.1, 0.15) is 14.5 Å². The third-order valence-electron chi connectivity index (χ3n) is 2.60. The van der Waals surface area contributed by atoms with E-state index in [4.69, 9.17) is 4.74 Å². The van der Waals surface area contributed by atoms with E-state index in [0.717, 1.165) is 4.88 Å². The third kappa shape index (κ3) is 4.28. The van der Waals surface area contributed by atoms with Gasteiger partial charge in [0.25, 0.3) is 5.91 Å². The molecule has 0 bridgehead atoms. The van der Waals surface area contributed by atoms with E-state index in [2.05, 4.69) is 15.6 Å². The first-order valence-electron chi connectivity index (χ1n) is 6.23. The Balaban J connectivity index is 1.82. The van der Waals surface area contributed by atoms with Gasteiger partial charge in [0.15, 0.2) is 0 Å². The zero-order valence-corrected chi connectivity index (χ0v) is 12.5. The largest absolute Gasteiger partial charge is 0.481 e. The Kier molecular flexibility index (Phi) is 4.89. The fraction of sp³-hybridized carbons (Fsp3) is 0.214. The normalized spacial score (nSPS) is 10.0. The molecule has 0 saturated heterocycles. The molecule has 0 saturated carbocycles. The quantitative estimate of drug-likeness (QED) is 0.883. The first-order chi connectivity index (χ1) is 10.1. The molecule has 0 atom stereocenters. The lowest BCUT2D eigenvalue weighted by Crippen LogP contribution is -2.32. The lowest BCUT2D eigenvalue weighted by molar-refractivity contribution is -0.115. The third-order valence-corrected chi connectivity index (χ3v) is 3.60. The van der Waals surface area contributed by atoms with Crippen LogP contribution < -0.4 is 15.4 Å². The summed E-state index contributed by atoms with van der Waals surface area (Å²) in [4.78, 5) is 29.1. The van der Waals surface area contributed by atoms with E-state index in [1.165, 1.54) is 24.6 Å². The number of aryl methyl sites for hydroxylation is 1. The number of nitrogens with one attached hydrogen (secondary N) is 2. The Morgan fingerprint density at radius 3 is 2.67 bits per heavy atom. The highest BCUT2D eigenvalue weighted by molar-refractivity contribution is 7.13. The Labute approximate surface area is 126 Å². The average Bonchev–Trinajstić information content (AvgIpc) is 2.92. The zero-order chi connectivity index (χ0) is 15.2. The summed E-state index contributed by atoms with van der Waals surface area (Å²) in [6.07, 6.45) is 1.49. The number of methoxy groups -OCH3 is 1. The van der Waals surface area contributed by atoms with Crippen LogP contribution in [0.2, 0.25) is 0 Å². The maximum absolute atomic E-state index is 11.8. The lowest BCUT2D eigenvalue weighted by Gasteiger charge is -2.06. The summed E-state index contributed by atoms with van der Waals surface area (Å²) in [5.74, 6) is -0.103. The molecule has 2 rings (SSSR count). The second kappa shape index (κ2) is 6.85. The molecule has 7 heteroatoms. The average molecular weight is 305 g/mol. The molecule has 0 fully saturated rings. The molecular formula is C14H15N3O3S. The van der Waals surface area contributed by atoms with Crippen molar-refractivity contribution in [1.29, 1.82) is 0 Å². The predicted octanol–water partition coefficient (Wildman–Crippen LogP) is 1.83. The van der Waals surface area contributed by atoms with Crippen LogP contribution in [-0.4, -0.2) is 30.5 Å². The van der Waals surface area contributed by atoms with Gasteiger partial charge in [0.2, 0.25) is 11.8 Å². The molecular weight excluding hydrogens is 290 g/mol. The van der Waals surface area contributed by atoms with Crippen molar-refractivity contribution in [3.63, 3.8) is 0 Å². The molecule has 2 heterocycles. The van der Waals surface area contributed by atoms with Crippen molar-refractivity contribution in [2.75, 3.05) is 19.0 Å². The Morgan fingerprint density at radius 2 is 2.10 bits per heavy atom. The first-order valence-corrected chi connectivity index (χ1v) is 7.04. The number of hydrogen-bond donors (Lipinski definition) is 2. The van der Waals surface area contributed by atoms with Crippen LogP contribution in [0.4, 0.5) is 5.69 Å². The SMILES string of the molecule is COc1ccc(NC(=O)CNC(=O)c2ccc(C)s2)cn1. The molecule has 0 aromatic carbocycles. The maximum Gasteiger partial charge on any atom is 0.261 e. The number of thiophene rings is 1. The Hall–Kier alpha value is -2.41. The van der Waals surface area contributed by atoms with E-state index in [1.54, 1.807) is 18.2 Å². The van der Waals surface area contributed by atoms with Gasteiger partial charge in [0.1, 0.15) is 0 Å². The standard InChI is InChI=1S/C14H15N3O3S/c1-9-3-5-11(21-9)14(19)16-8-12(18)17-10-4-6-13(20-2)15-7-10/h3-7H,8H2,1-2H3,(H,16,19)(H,17,18). The highest BCUT2D eigenvalue weighted by Gasteiger charge is 2.10. The number of aromatic nitrogens is 1. The van der Waals surface area contributed by atoms with Crippen molar-refractivity contribution >= 4 is 28.8 Å². The van der Waals surface area contributed by atoms with Gasteiger partial charge in [-0.15, -0.1) is 11.3 Å². The van der Waals surface area contributed by atoms with E-state index < -0.39 is 0 Å². The Bertz CT molecular complexity index is 637. The van der Waals surface area contributed by atoms with E-state index in [-0.39, 0.29) is 18.4 Å². The van der Waals surface area contributed by atoms with Crippen LogP contribution in [-0.2, 0) is 4.79 Å². The minimum Gasteiger partial charge on any atom is -0.481 e. The molecule has 21 heavy (non-hydrogen) atoms. The van der Waals surface area contributed by atoms with Crippen molar-refractivity contribution in [2.24, 2.45) is 0 Å². The lowest BCUT2D eigenvalue weighted by atomic mass is 10.4. The molecule has 0 aliphatic rings. The number of rotatable bonds is 5. The van der Waals surface area contributed by atoms with Crippen LogP contribution in [0.25, 0.3) is 0 Å². The molecule has 6 nitrogen and oxygen atoms in total. The fourth-order valence-electron chi connectivity index (χ4n) is 1.58. The number of carbonyl (C=O) groups is 2. The van der Waals surface area contributed by atoms with Crippen LogP contribution in [0, 0.1) is 6.92 Å². The minimum absolute atomic E-state index is 0.0954. The number of nitrogens with zero attached hydrogens (tertiary/aromatic N) is 1. The molecule has 0 spiro atoms. The Morgan fingerprint density at radius 1 is 1.29 bits per heavy atom. The minimum atomic E-state index is -0.316. The molecule has 0 unspecified atom stereocenters. The zero-order valence-electron chi connectivity index (χ0n) is 11.7. The van der Waals surface area contributed by atoms with E-state index in [9.17, 15) is 9.59 Å². The van der Waals surface area contributed by atoms with E-state index in [1.807, 2.05) is 13.0 Å². The maximum atomic E-state index is 11.8. The van der Waals surface area contributed by atoms with Gasteiger partial charge in [-0.2, -0.15) is 0 Å². The summed E-state index contributed by atoms with van der Waals surface area (Å²) in [6, 6.07) is 6.92. The van der Waals surface area contributed by atoms with Gasteiger partial charge in [0, 0.05) is 10.9 Å². The molecule has 0 aliphatic carbocycles. The highest BCUT2D eigenvalue weighted by atomic mass is 32.1. The van der Waals surface area contributed by atoms with Crippen LogP contribution in [0.15, 0.2) is 30.5 Å². The summed E-state index contributed by atoms with van der Waals surface area (Å²) in [7, 11) is 1.52. The number of hydrogen-bond acceptors (Lipinski definition) is 5. The number of ether oxygens (including phenoxy) is 1. The van der Waals surface area contributed by atoms with Crippen molar-refractivity contribution in [3.05, 3.63) is 40.2 Å². The molecule has 2 aromatic rings. The number of anilines is 1. The van der Waals surface area contributed by atoms with Gasteiger partial charge >= 0.3 is 0 Å². The summed E-state index contributed by atoms with van der Waals surface area (Å²) in [5.41, 5.74) is 0.544. The van der Waals surface area contributed by atoms with Crippen molar-refractivity contribution < 1.29 is 14.3 Å². The molecule has 110 valence electrons. The van der Waals surface area contributed by atoms with Crippen LogP contribution in [0.3, 0.4) is 0 Å². The van der Waals surface area contributed by atoms with E-state index >= 15 is 0 Å². The summed E-state index contributed by atoms with van der Waals surface area (Å²) < 4.78 is 4.92. The van der Waals surface area contributed by atoms with Crippen molar-refractivity contribution in [1.82, 2.24) is 10.3 Å². The topological polar surface area (TPSA) is 80.3 Å². The van der Waals surface area contributed by atoms with Gasteiger partial charge in [0.05, 0.1) is 30.4 Å². The molecule has 0 aliphatic heterocycles. The summed E-state index contributed by atoms with van der Waals surface area (Å²) in [6.45, 7) is 1.83. The second-order valence-electron chi connectivity index (χ2n) is 4.23. The number of amides is 2. The van der Waals surface area contributed by atoms with Gasteiger partial charge < -0.3 is 15.4 Å². The highest BCUT2D eigenvalue weighted by Crippen LogP contribution is 2.14. The number of pyridine rings is 1. The molecule has 2 N–H and O–H groups in total. The first kappa shape index (κ1) is 15.0. The molecule has 2 aromatic heterocycles. The van der Waals surface area contributed by atoms with Crippen molar-refractivity contribution in [3.8, 4) is 5.88 Å². The second-order valence-corrected chi connectivity index (χ2v) is 5.52. The summed E-state index contributed by atoms with van der Waals surface area (Å²) in [5, 5.41) is 5.21. The van der Waals surface area contributed by atoms with Gasteiger partial charge in [-0.05, 0) is 25.1 Å². The van der Waals surface area contributed by atoms with Gasteiger partial charge in [-0.25, -0.2) is 4.98 Å². The van der Waals surface area contributed by atoms with Crippen molar-refractivity contribution in [2.45, 2.75) is 6.92 Å². The van der Waals surface area contributed by atoms with Crippen LogP contribution >= 0.6 is 11.3 Å². The van der Waals surface area contributed by atoms with Crippen LogP contribution in [0.5, 0.6) is 5.88 Å². The fourth-order valence-corrected chi connectivity index (χ4v) is 2.37. The van der Waals surface area contributed by atoms with Gasteiger partial charge in [-0.1, -0.05) is 0 Å². The monoisotopic (exact) mass is 305 g/mol. The molecule has 0 radical (unpaired) electrons.